The molecule has 5 nitrogen and oxygen atoms in total. The van der Waals surface area contributed by atoms with Gasteiger partial charge in [0.25, 0.3) is 5.91 Å². The first-order valence-electron chi connectivity index (χ1n) is 5.84. The zero-order valence-corrected chi connectivity index (χ0v) is 11.0. The lowest BCUT2D eigenvalue weighted by molar-refractivity contribution is -0.133. The topological polar surface area (TPSA) is 77.1 Å². The van der Waals surface area contributed by atoms with Gasteiger partial charge in [-0.1, -0.05) is 12.1 Å². The van der Waals surface area contributed by atoms with Crippen molar-refractivity contribution in [2.45, 2.75) is 19.4 Å². The molecule has 0 radical (unpaired) electrons. The normalized spacial score (nSPS) is 10.9. The first kappa shape index (κ1) is 14.5. The molecule has 0 saturated heterocycles. The molecule has 0 fully saturated rings. The van der Waals surface area contributed by atoms with E-state index >= 15 is 0 Å². The third-order valence-electron chi connectivity index (χ3n) is 2.80. The Morgan fingerprint density at radius 3 is 2.74 bits per heavy atom. The number of hydrogen-bond acceptors (Lipinski definition) is 4. The highest BCUT2D eigenvalue weighted by Gasteiger charge is 2.16. The standard InChI is InChI=1S/C14H15N3O2/c1-11(7-8-15)17(2)14(18)10-19-13-6-4-3-5-12(13)9-16/h3-6,11H,7,10H2,1-2H3. The maximum absolute atomic E-state index is 11.8. The van der Waals surface area contributed by atoms with E-state index in [1.54, 1.807) is 38.2 Å². The zero-order valence-electron chi connectivity index (χ0n) is 11.0. The molecule has 0 bridgehead atoms. The summed E-state index contributed by atoms with van der Waals surface area (Å²) in [6, 6.07) is 10.6. The number of carbonyl (C=O) groups excluding carboxylic acids is 1. The lowest BCUT2D eigenvalue weighted by atomic mass is 10.2. The smallest absolute Gasteiger partial charge is 0.260 e. The van der Waals surface area contributed by atoms with E-state index in [2.05, 4.69) is 0 Å². The van der Waals surface area contributed by atoms with Gasteiger partial charge in [-0.25, -0.2) is 0 Å². The van der Waals surface area contributed by atoms with Crippen LogP contribution in [0.4, 0.5) is 0 Å². The Kier molecular flexibility index (Phi) is 5.37. The van der Waals surface area contributed by atoms with Crippen LogP contribution in [0.3, 0.4) is 0 Å². The fourth-order valence-electron chi connectivity index (χ4n) is 1.44. The molecule has 0 spiro atoms. The second-order valence-corrected chi connectivity index (χ2v) is 4.11. The van der Waals surface area contributed by atoms with E-state index in [0.29, 0.717) is 11.3 Å². The lowest BCUT2D eigenvalue weighted by Gasteiger charge is -2.22. The molecule has 0 N–H and O–H groups in total. The Morgan fingerprint density at radius 2 is 2.11 bits per heavy atom. The molecule has 0 aromatic heterocycles. The van der Waals surface area contributed by atoms with Crippen LogP contribution < -0.4 is 4.74 Å². The minimum atomic E-state index is -0.226. The van der Waals surface area contributed by atoms with Crippen LogP contribution in [0.25, 0.3) is 0 Å². The molecule has 5 heteroatoms. The summed E-state index contributed by atoms with van der Waals surface area (Å²) < 4.78 is 5.34. The quantitative estimate of drug-likeness (QED) is 0.804. The second kappa shape index (κ2) is 7.03. The molecule has 0 aliphatic heterocycles. The maximum atomic E-state index is 11.8. The van der Waals surface area contributed by atoms with Crippen molar-refractivity contribution in [2.24, 2.45) is 0 Å². The van der Waals surface area contributed by atoms with Gasteiger partial charge in [0, 0.05) is 13.1 Å². The monoisotopic (exact) mass is 257 g/mol. The van der Waals surface area contributed by atoms with Crippen LogP contribution >= 0.6 is 0 Å². The fourth-order valence-corrected chi connectivity index (χ4v) is 1.44. The van der Waals surface area contributed by atoms with Gasteiger partial charge in [0.05, 0.1) is 18.1 Å². The molecule has 98 valence electrons. The van der Waals surface area contributed by atoms with E-state index in [0.717, 1.165) is 0 Å². The third-order valence-corrected chi connectivity index (χ3v) is 2.80. The molecule has 1 unspecified atom stereocenters. The minimum Gasteiger partial charge on any atom is -0.482 e. The highest BCUT2D eigenvalue weighted by molar-refractivity contribution is 5.77. The average Bonchev–Trinajstić information content (AvgIpc) is 2.44. The number of hydrogen-bond donors (Lipinski definition) is 0. The van der Waals surface area contributed by atoms with Crippen LogP contribution in [-0.4, -0.2) is 30.5 Å². The largest absolute Gasteiger partial charge is 0.482 e. The summed E-state index contributed by atoms with van der Waals surface area (Å²) in [6.07, 6.45) is 0.275. The number of nitrogens with zero attached hydrogens (tertiary/aromatic N) is 3. The minimum absolute atomic E-state index is 0.148. The van der Waals surface area contributed by atoms with Gasteiger partial charge in [0.1, 0.15) is 11.8 Å². The summed E-state index contributed by atoms with van der Waals surface area (Å²) in [5, 5.41) is 17.5. The second-order valence-electron chi connectivity index (χ2n) is 4.11. The predicted octanol–water partition coefficient (Wildman–Crippen LogP) is 1.70. The number of likely N-dealkylation sites (N-methyl/N-ethyl adjacent to an activating group) is 1. The van der Waals surface area contributed by atoms with Crippen molar-refractivity contribution in [1.82, 2.24) is 4.90 Å². The predicted molar refractivity (Wildman–Crippen MR) is 69.1 cm³/mol. The van der Waals surface area contributed by atoms with Gasteiger partial charge in [-0.2, -0.15) is 10.5 Å². The maximum Gasteiger partial charge on any atom is 0.260 e. The van der Waals surface area contributed by atoms with E-state index in [1.807, 2.05) is 12.1 Å². The fraction of sp³-hybridized carbons (Fsp3) is 0.357. The van der Waals surface area contributed by atoms with Crippen LogP contribution in [0.2, 0.25) is 0 Å². The number of carbonyl (C=O) groups is 1. The van der Waals surface area contributed by atoms with Crippen molar-refractivity contribution in [1.29, 1.82) is 10.5 Å². The van der Waals surface area contributed by atoms with E-state index in [1.165, 1.54) is 4.90 Å². The average molecular weight is 257 g/mol. The van der Waals surface area contributed by atoms with E-state index in [9.17, 15) is 4.79 Å². The van der Waals surface area contributed by atoms with E-state index in [-0.39, 0.29) is 25.0 Å². The molecule has 0 aliphatic rings. The summed E-state index contributed by atoms with van der Waals surface area (Å²) in [5.74, 6) is 0.162. The molecule has 1 aromatic rings. The van der Waals surface area contributed by atoms with Crippen molar-refractivity contribution >= 4 is 5.91 Å². The van der Waals surface area contributed by atoms with Gasteiger partial charge in [-0.3, -0.25) is 4.79 Å². The number of para-hydroxylation sites is 1. The van der Waals surface area contributed by atoms with Crippen molar-refractivity contribution in [3.05, 3.63) is 29.8 Å². The van der Waals surface area contributed by atoms with Gasteiger partial charge >= 0.3 is 0 Å². The van der Waals surface area contributed by atoms with E-state index < -0.39 is 0 Å². The highest BCUT2D eigenvalue weighted by Crippen LogP contribution is 2.16. The number of rotatable bonds is 5. The molecule has 1 rings (SSSR count). The van der Waals surface area contributed by atoms with Crippen molar-refractivity contribution in [3.63, 3.8) is 0 Å². The number of ether oxygens (including phenoxy) is 1. The van der Waals surface area contributed by atoms with Crippen molar-refractivity contribution < 1.29 is 9.53 Å². The Balaban J connectivity index is 2.60. The Morgan fingerprint density at radius 1 is 1.42 bits per heavy atom. The molecule has 0 heterocycles. The van der Waals surface area contributed by atoms with Crippen LogP contribution in [0.5, 0.6) is 5.75 Å². The molecular formula is C14H15N3O2. The van der Waals surface area contributed by atoms with Gasteiger partial charge in [0.15, 0.2) is 6.61 Å². The zero-order chi connectivity index (χ0) is 14.3. The van der Waals surface area contributed by atoms with Crippen LogP contribution in [0.1, 0.15) is 18.9 Å². The van der Waals surface area contributed by atoms with Crippen LogP contribution in [0.15, 0.2) is 24.3 Å². The third kappa shape index (κ3) is 4.01. The highest BCUT2D eigenvalue weighted by atomic mass is 16.5. The molecule has 1 atom stereocenters. The molecule has 1 aromatic carbocycles. The van der Waals surface area contributed by atoms with E-state index in [4.69, 9.17) is 15.3 Å². The summed E-state index contributed by atoms with van der Waals surface area (Å²) in [6.45, 7) is 1.65. The Hall–Kier alpha value is -2.53. The molecular weight excluding hydrogens is 242 g/mol. The number of amides is 1. The van der Waals surface area contributed by atoms with Crippen LogP contribution in [0, 0.1) is 22.7 Å². The summed E-state index contributed by atoms with van der Waals surface area (Å²) >= 11 is 0. The summed E-state index contributed by atoms with van der Waals surface area (Å²) in [7, 11) is 1.63. The number of benzene rings is 1. The summed E-state index contributed by atoms with van der Waals surface area (Å²) in [5.41, 5.74) is 0.392. The molecule has 19 heavy (non-hydrogen) atoms. The Labute approximate surface area is 112 Å². The van der Waals surface area contributed by atoms with Gasteiger partial charge in [-0.05, 0) is 19.1 Å². The summed E-state index contributed by atoms with van der Waals surface area (Å²) in [4.78, 5) is 13.3. The van der Waals surface area contributed by atoms with Gasteiger partial charge in [-0.15, -0.1) is 0 Å². The first-order valence-corrected chi connectivity index (χ1v) is 5.84. The molecule has 0 saturated carbocycles. The Bertz CT molecular complexity index is 528. The van der Waals surface area contributed by atoms with Gasteiger partial charge in [0.2, 0.25) is 0 Å². The lowest BCUT2D eigenvalue weighted by Crippen LogP contribution is -2.38. The SMILES string of the molecule is CC(CC#N)N(C)C(=O)COc1ccccc1C#N. The van der Waals surface area contributed by atoms with Crippen molar-refractivity contribution in [3.8, 4) is 17.9 Å². The molecule has 0 aliphatic carbocycles. The van der Waals surface area contributed by atoms with Gasteiger partial charge < -0.3 is 9.64 Å². The van der Waals surface area contributed by atoms with Crippen LogP contribution in [-0.2, 0) is 4.79 Å². The first-order chi connectivity index (χ1) is 9.10. The number of nitriles is 2. The van der Waals surface area contributed by atoms with Crippen molar-refractivity contribution in [2.75, 3.05) is 13.7 Å². The molecule has 1 amide bonds.